The zero-order chi connectivity index (χ0) is 15.5. The Morgan fingerprint density at radius 2 is 2.10 bits per heavy atom. The lowest BCUT2D eigenvalue weighted by atomic mass is 10.0. The number of alkyl carbamates (subject to hydrolysis) is 1. The zero-order valence-corrected chi connectivity index (χ0v) is 12.3. The molecule has 0 spiro atoms. The number of hydrogen-bond acceptors (Lipinski definition) is 3. The van der Waals surface area contributed by atoms with E-state index in [9.17, 15) is 9.18 Å². The molecule has 0 fully saturated rings. The summed E-state index contributed by atoms with van der Waals surface area (Å²) >= 11 is 0. The Balaban J connectivity index is 2.88. The minimum absolute atomic E-state index is 0.0493. The number of carbonyl (C=O) groups is 1. The molecule has 1 aromatic rings. The van der Waals surface area contributed by atoms with E-state index in [4.69, 9.17) is 10.5 Å². The van der Waals surface area contributed by atoms with Crippen LogP contribution in [0.15, 0.2) is 18.7 Å². The van der Waals surface area contributed by atoms with Gasteiger partial charge in [-0.3, -0.25) is 0 Å². The molecule has 4 nitrogen and oxygen atoms in total. The summed E-state index contributed by atoms with van der Waals surface area (Å²) in [5.41, 5.74) is 6.15. The van der Waals surface area contributed by atoms with Crippen molar-refractivity contribution in [2.45, 2.75) is 39.3 Å². The van der Waals surface area contributed by atoms with E-state index in [1.165, 1.54) is 12.1 Å². The first-order chi connectivity index (χ1) is 9.14. The highest BCUT2D eigenvalue weighted by molar-refractivity contribution is 5.69. The van der Waals surface area contributed by atoms with Crippen molar-refractivity contribution < 1.29 is 13.9 Å². The Morgan fingerprint density at radius 1 is 1.50 bits per heavy atom. The molecule has 0 saturated heterocycles. The van der Waals surface area contributed by atoms with Gasteiger partial charge in [0.25, 0.3) is 0 Å². The molecule has 5 heteroatoms. The number of amides is 1. The second-order valence-electron chi connectivity index (χ2n) is 5.58. The number of nitrogens with two attached hydrogens (primary N) is 1. The monoisotopic (exact) mass is 280 g/mol. The van der Waals surface area contributed by atoms with Crippen LogP contribution in [0.5, 0.6) is 0 Å². The first-order valence-electron chi connectivity index (χ1n) is 6.35. The summed E-state index contributed by atoms with van der Waals surface area (Å²) in [6, 6.07) is 2.58. The maximum Gasteiger partial charge on any atom is 0.408 e. The molecule has 1 aromatic carbocycles. The Morgan fingerprint density at radius 3 is 2.60 bits per heavy atom. The van der Waals surface area contributed by atoms with Crippen LogP contribution in [0.4, 0.5) is 14.9 Å². The summed E-state index contributed by atoms with van der Waals surface area (Å²) in [4.78, 5) is 11.7. The van der Waals surface area contributed by atoms with Gasteiger partial charge in [-0.25, -0.2) is 9.18 Å². The van der Waals surface area contributed by atoms with Gasteiger partial charge >= 0.3 is 6.09 Å². The molecule has 0 aromatic heterocycles. The van der Waals surface area contributed by atoms with Gasteiger partial charge in [0.2, 0.25) is 0 Å². The van der Waals surface area contributed by atoms with Crippen LogP contribution in [0.3, 0.4) is 0 Å². The Labute approximate surface area is 118 Å². The van der Waals surface area contributed by atoms with E-state index < -0.39 is 23.6 Å². The van der Waals surface area contributed by atoms with E-state index in [0.717, 1.165) is 0 Å². The number of carbonyl (C=O) groups excluding carboxylic acids is 1. The molecular formula is C15H21FN2O2. The molecule has 110 valence electrons. The highest BCUT2D eigenvalue weighted by atomic mass is 19.1. The third kappa shape index (κ3) is 4.26. The zero-order valence-electron chi connectivity index (χ0n) is 12.3. The molecule has 1 atom stereocenters. The number of nitrogen functional groups attached to an aromatic ring is 1. The number of anilines is 1. The molecule has 0 bridgehead atoms. The van der Waals surface area contributed by atoms with Gasteiger partial charge in [-0.15, -0.1) is 0 Å². The molecule has 0 saturated carbocycles. The predicted molar refractivity (Wildman–Crippen MR) is 78.7 cm³/mol. The maximum atomic E-state index is 13.7. The Hall–Kier alpha value is -2.04. The van der Waals surface area contributed by atoms with Gasteiger partial charge in [0, 0.05) is 5.56 Å². The normalized spacial score (nSPS) is 12.7. The first kappa shape index (κ1) is 16.0. The van der Waals surface area contributed by atoms with Crippen molar-refractivity contribution in [3.63, 3.8) is 0 Å². The third-order valence-corrected chi connectivity index (χ3v) is 2.64. The van der Waals surface area contributed by atoms with Crippen molar-refractivity contribution in [3.8, 4) is 0 Å². The van der Waals surface area contributed by atoms with E-state index in [1.807, 2.05) is 0 Å². The lowest BCUT2D eigenvalue weighted by Gasteiger charge is -2.22. The van der Waals surface area contributed by atoms with Crippen LogP contribution in [0, 0.1) is 5.82 Å². The topological polar surface area (TPSA) is 64.3 Å². The summed E-state index contributed by atoms with van der Waals surface area (Å²) in [5, 5.41) is 2.65. The van der Waals surface area contributed by atoms with Gasteiger partial charge in [0.15, 0.2) is 0 Å². The summed E-state index contributed by atoms with van der Waals surface area (Å²) < 4.78 is 18.8. The van der Waals surface area contributed by atoms with Crippen LogP contribution in [0.2, 0.25) is 0 Å². The van der Waals surface area contributed by atoms with Crippen LogP contribution < -0.4 is 11.1 Å². The molecule has 0 radical (unpaired) electrons. The lowest BCUT2D eigenvalue weighted by molar-refractivity contribution is 0.0508. The Kier molecular flexibility index (Phi) is 4.76. The molecule has 0 aliphatic heterocycles. The largest absolute Gasteiger partial charge is 0.444 e. The molecule has 0 aliphatic rings. The Bertz CT molecular complexity index is 521. The molecule has 0 aliphatic carbocycles. The highest BCUT2D eigenvalue weighted by Crippen LogP contribution is 2.24. The van der Waals surface area contributed by atoms with Crippen LogP contribution in [0.25, 0.3) is 6.08 Å². The molecule has 3 N–H and O–H groups in total. The number of rotatable bonds is 3. The van der Waals surface area contributed by atoms with E-state index in [-0.39, 0.29) is 5.69 Å². The molecule has 0 heterocycles. The molecule has 1 rings (SSSR count). The predicted octanol–water partition coefficient (Wildman–Crippen LogP) is 3.64. The number of halogens is 1. The minimum Gasteiger partial charge on any atom is -0.444 e. The smallest absolute Gasteiger partial charge is 0.408 e. The van der Waals surface area contributed by atoms with Crippen molar-refractivity contribution in [1.82, 2.24) is 5.32 Å². The minimum atomic E-state index is -0.581. The maximum absolute atomic E-state index is 13.7. The average Bonchev–Trinajstić information content (AvgIpc) is 2.29. The fourth-order valence-electron chi connectivity index (χ4n) is 1.65. The number of ether oxygens (including phenoxy) is 1. The highest BCUT2D eigenvalue weighted by Gasteiger charge is 2.19. The third-order valence-electron chi connectivity index (χ3n) is 2.64. The van der Waals surface area contributed by atoms with E-state index in [0.29, 0.717) is 11.1 Å². The van der Waals surface area contributed by atoms with Crippen LogP contribution in [-0.2, 0) is 4.74 Å². The average molecular weight is 280 g/mol. The SMILES string of the molecule is C=Cc1cc([C@@H](C)NC(=O)OC(C)(C)C)cc(F)c1N. The van der Waals surface area contributed by atoms with Crippen LogP contribution >= 0.6 is 0 Å². The second kappa shape index (κ2) is 5.94. The van der Waals surface area contributed by atoms with E-state index in [1.54, 1.807) is 33.8 Å². The van der Waals surface area contributed by atoms with Gasteiger partial charge in [0.05, 0.1) is 11.7 Å². The summed E-state index contributed by atoms with van der Waals surface area (Å²) in [6.45, 7) is 10.6. The second-order valence-corrected chi connectivity index (χ2v) is 5.58. The van der Waals surface area contributed by atoms with Gasteiger partial charge in [-0.2, -0.15) is 0 Å². The number of hydrogen-bond donors (Lipinski definition) is 2. The number of nitrogens with one attached hydrogen (secondary N) is 1. The summed E-state index contributed by atoms with van der Waals surface area (Å²) in [5.74, 6) is -0.532. The summed E-state index contributed by atoms with van der Waals surface area (Å²) in [7, 11) is 0. The van der Waals surface area contributed by atoms with E-state index >= 15 is 0 Å². The van der Waals surface area contributed by atoms with Crippen molar-refractivity contribution in [2.75, 3.05) is 5.73 Å². The lowest BCUT2D eigenvalue weighted by Crippen LogP contribution is -2.34. The quantitative estimate of drug-likeness (QED) is 0.831. The van der Waals surface area contributed by atoms with Gasteiger partial charge in [-0.05, 0) is 45.4 Å². The molecule has 20 heavy (non-hydrogen) atoms. The number of benzene rings is 1. The van der Waals surface area contributed by atoms with Gasteiger partial charge < -0.3 is 15.8 Å². The van der Waals surface area contributed by atoms with Crippen molar-refractivity contribution in [3.05, 3.63) is 35.7 Å². The van der Waals surface area contributed by atoms with Gasteiger partial charge in [0.1, 0.15) is 11.4 Å². The van der Waals surface area contributed by atoms with Crippen molar-refractivity contribution in [2.24, 2.45) is 0 Å². The van der Waals surface area contributed by atoms with E-state index in [2.05, 4.69) is 11.9 Å². The van der Waals surface area contributed by atoms with Crippen LogP contribution in [-0.4, -0.2) is 11.7 Å². The summed E-state index contributed by atoms with van der Waals surface area (Å²) in [6.07, 6.45) is 0.921. The fourth-order valence-corrected chi connectivity index (χ4v) is 1.65. The standard InChI is InChI=1S/C15H21FN2O2/c1-6-10-7-11(8-12(16)13(10)17)9(2)18-14(19)20-15(3,4)5/h6-9H,1,17H2,2-5H3,(H,18,19)/t9-/m1/s1. The van der Waals surface area contributed by atoms with Crippen molar-refractivity contribution >= 4 is 17.9 Å². The molecular weight excluding hydrogens is 259 g/mol. The van der Waals surface area contributed by atoms with Crippen LogP contribution in [0.1, 0.15) is 44.9 Å². The molecule has 0 unspecified atom stereocenters. The molecule has 1 amide bonds. The van der Waals surface area contributed by atoms with Gasteiger partial charge in [-0.1, -0.05) is 12.7 Å². The van der Waals surface area contributed by atoms with Crippen molar-refractivity contribution in [1.29, 1.82) is 0 Å². The first-order valence-corrected chi connectivity index (χ1v) is 6.35. The fraction of sp³-hybridized carbons (Fsp3) is 0.400.